The van der Waals surface area contributed by atoms with Crippen LogP contribution in [0.1, 0.15) is 51.5 Å². The zero-order valence-electron chi connectivity index (χ0n) is 20.1. The first-order valence-corrected chi connectivity index (χ1v) is 12.0. The number of halogens is 1. The van der Waals surface area contributed by atoms with Crippen molar-refractivity contribution in [3.63, 3.8) is 0 Å². The second-order valence-corrected chi connectivity index (χ2v) is 8.77. The van der Waals surface area contributed by atoms with Gasteiger partial charge in [-0.2, -0.15) is 0 Å². The fraction of sp³-hybridized carbons (Fsp3) is 0.750. The molecule has 0 aromatic carbocycles. The summed E-state index contributed by atoms with van der Waals surface area (Å²) in [5.74, 6) is 2.93. The smallest absolute Gasteiger partial charge is 0.194 e. The molecule has 0 spiro atoms. The van der Waals surface area contributed by atoms with Crippen LogP contribution < -0.4 is 10.2 Å². The molecule has 1 N–H and O–H groups in total. The standard InChI is InChI=1S/C24H41N5O2.HI/c1-4-25-24(29-14-10-22(11-15-29)31-17-5-16-30-3)27-19-21-6-7-23(26-18-21)28-12-8-20(2)9-13-28;/h6-7,18,20,22H,4-5,8-17,19H2,1-3H3,(H,25,27);1H. The highest BCUT2D eigenvalue weighted by atomic mass is 127. The molecule has 8 heteroatoms. The average molecular weight is 560 g/mol. The Morgan fingerprint density at radius 3 is 2.50 bits per heavy atom. The Bertz CT molecular complexity index is 657. The number of nitrogens with one attached hydrogen (secondary N) is 1. The number of aliphatic imine (C=N–C) groups is 1. The van der Waals surface area contributed by atoms with E-state index in [9.17, 15) is 0 Å². The quantitative estimate of drug-likeness (QED) is 0.214. The summed E-state index contributed by atoms with van der Waals surface area (Å²) in [7, 11) is 1.74. The Labute approximate surface area is 211 Å². The highest BCUT2D eigenvalue weighted by Crippen LogP contribution is 2.21. The lowest BCUT2D eigenvalue weighted by atomic mass is 9.99. The van der Waals surface area contributed by atoms with Gasteiger partial charge in [0.05, 0.1) is 12.6 Å². The van der Waals surface area contributed by atoms with Gasteiger partial charge in [0, 0.05) is 59.2 Å². The minimum atomic E-state index is 0. The van der Waals surface area contributed by atoms with E-state index in [-0.39, 0.29) is 24.0 Å². The zero-order chi connectivity index (χ0) is 21.9. The molecule has 0 atom stereocenters. The van der Waals surface area contributed by atoms with E-state index in [0.717, 1.165) is 88.5 Å². The molecule has 2 fully saturated rings. The number of likely N-dealkylation sites (tertiary alicyclic amines) is 1. The van der Waals surface area contributed by atoms with Gasteiger partial charge < -0.3 is 24.6 Å². The van der Waals surface area contributed by atoms with Gasteiger partial charge in [0.25, 0.3) is 0 Å². The van der Waals surface area contributed by atoms with Crippen LogP contribution in [0, 0.1) is 5.92 Å². The monoisotopic (exact) mass is 559 g/mol. The number of ether oxygens (including phenoxy) is 2. The first-order valence-electron chi connectivity index (χ1n) is 12.0. The van der Waals surface area contributed by atoms with Crippen LogP contribution >= 0.6 is 24.0 Å². The van der Waals surface area contributed by atoms with Crippen molar-refractivity contribution in [2.24, 2.45) is 10.9 Å². The fourth-order valence-electron chi connectivity index (χ4n) is 4.21. The molecule has 2 aliphatic rings. The van der Waals surface area contributed by atoms with Crippen molar-refractivity contribution in [3.8, 4) is 0 Å². The maximum Gasteiger partial charge on any atom is 0.194 e. The summed E-state index contributed by atoms with van der Waals surface area (Å²) in [6.45, 7) is 11.7. The van der Waals surface area contributed by atoms with Gasteiger partial charge >= 0.3 is 0 Å². The largest absolute Gasteiger partial charge is 0.385 e. The maximum absolute atomic E-state index is 5.99. The number of hydrogen-bond donors (Lipinski definition) is 1. The van der Waals surface area contributed by atoms with Crippen LogP contribution in [0.3, 0.4) is 0 Å². The summed E-state index contributed by atoms with van der Waals surface area (Å²) in [5.41, 5.74) is 1.15. The first kappa shape index (κ1) is 27.1. The number of anilines is 1. The summed E-state index contributed by atoms with van der Waals surface area (Å²) in [6, 6.07) is 4.33. The topological polar surface area (TPSA) is 62.2 Å². The molecule has 1 aromatic heterocycles. The van der Waals surface area contributed by atoms with E-state index in [1.807, 2.05) is 6.20 Å². The number of pyridine rings is 1. The van der Waals surface area contributed by atoms with Gasteiger partial charge in [-0.15, -0.1) is 24.0 Å². The summed E-state index contributed by atoms with van der Waals surface area (Å²) in [5, 5.41) is 3.45. The predicted octanol–water partition coefficient (Wildman–Crippen LogP) is 3.92. The van der Waals surface area contributed by atoms with Gasteiger partial charge in [-0.25, -0.2) is 9.98 Å². The van der Waals surface area contributed by atoms with Crippen LogP contribution in [-0.2, 0) is 16.0 Å². The molecule has 1 aromatic rings. The third-order valence-corrected chi connectivity index (χ3v) is 6.25. The molecule has 0 aliphatic carbocycles. The molecule has 32 heavy (non-hydrogen) atoms. The second-order valence-electron chi connectivity index (χ2n) is 8.77. The number of methoxy groups -OCH3 is 1. The van der Waals surface area contributed by atoms with Gasteiger partial charge in [-0.05, 0) is 56.6 Å². The summed E-state index contributed by atoms with van der Waals surface area (Å²) in [6.07, 6.45) is 7.91. The molecule has 0 amide bonds. The van der Waals surface area contributed by atoms with E-state index >= 15 is 0 Å². The molecule has 3 rings (SSSR count). The molecule has 7 nitrogen and oxygen atoms in total. The summed E-state index contributed by atoms with van der Waals surface area (Å²) < 4.78 is 11.1. The van der Waals surface area contributed by atoms with Gasteiger partial charge in [0.2, 0.25) is 0 Å². The van der Waals surface area contributed by atoms with Crippen LogP contribution in [-0.4, -0.2) is 75.0 Å². The maximum atomic E-state index is 5.99. The highest BCUT2D eigenvalue weighted by molar-refractivity contribution is 14.0. The average Bonchev–Trinajstić information content (AvgIpc) is 2.81. The lowest BCUT2D eigenvalue weighted by Crippen LogP contribution is -2.47. The lowest BCUT2D eigenvalue weighted by Gasteiger charge is -2.34. The lowest BCUT2D eigenvalue weighted by molar-refractivity contribution is 0.00990. The van der Waals surface area contributed by atoms with Gasteiger partial charge in [-0.3, -0.25) is 0 Å². The number of aromatic nitrogens is 1. The molecular formula is C24H42IN5O2. The van der Waals surface area contributed by atoms with Crippen molar-refractivity contribution in [1.82, 2.24) is 15.2 Å². The van der Waals surface area contributed by atoms with E-state index in [4.69, 9.17) is 19.5 Å². The van der Waals surface area contributed by atoms with Crippen molar-refractivity contribution in [1.29, 1.82) is 0 Å². The molecule has 0 radical (unpaired) electrons. The van der Waals surface area contributed by atoms with E-state index in [1.165, 1.54) is 12.8 Å². The van der Waals surface area contributed by atoms with Crippen LogP contribution in [0.5, 0.6) is 0 Å². The number of nitrogens with zero attached hydrogens (tertiary/aromatic N) is 4. The molecule has 2 saturated heterocycles. The Morgan fingerprint density at radius 1 is 1.12 bits per heavy atom. The van der Waals surface area contributed by atoms with Crippen LogP contribution in [0.4, 0.5) is 5.82 Å². The Hall–Kier alpha value is -1.13. The van der Waals surface area contributed by atoms with Gasteiger partial charge in [0.1, 0.15) is 5.82 Å². The normalized spacial score (nSPS) is 18.5. The molecule has 0 bridgehead atoms. The van der Waals surface area contributed by atoms with Crippen LogP contribution in [0.15, 0.2) is 23.3 Å². The second kappa shape index (κ2) is 14.9. The first-order chi connectivity index (χ1) is 15.2. The number of piperidine rings is 2. The third kappa shape index (κ3) is 8.67. The fourth-order valence-corrected chi connectivity index (χ4v) is 4.21. The van der Waals surface area contributed by atoms with Crippen LogP contribution in [0.25, 0.3) is 0 Å². The molecule has 2 aliphatic heterocycles. The van der Waals surface area contributed by atoms with Gasteiger partial charge in [0.15, 0.2) is 5.96 Å². The van der Waals surface area contributed by atoms with E-state index in [1.54, 1.807) is 7.11 Å². The molecule has 0 unspecified atom stereocenters. The van der Waals surface area contributed by atoms with E-state index in [0.29, 0.717) is 12.6 Å². The molecule has 3 heterocycles. The minimum absolute atomic E-state index is 0. The highest BCUT2D eigenvalue weighted by Gasteiger charge is 2.22. The van der Waals surface area contributed by atoms with Crippen molar-refractivity contribution < 1.29 is 9.47 Å². The Kier molecular flexibility index (Phi) is 12.6. The van der Waals surface area contributed by atoms with Crippen molar-refractivity contribution in [2.45, 2.75) is 58.6 Å². The van der Waals surface area contributed by atoms with Crippen molar-refractivity contribution in [3.05, 3.63) is 23.9 Å². The third-order valence-electron chi connectivity index (χ3n) is 6.25. The van der Waals surface area contributed by atoms with Gasteiger partial charge in [-0.1, -0.05) is 13.0 Å². The van der Waals surface area contributed by atoms with Crippen LogP contribution in [0.2, 0.25) is 0 Å². The van der Waals surface area contributed by atoms with Crippen molar-refractivity contribution >= 4 is 35.8 Å². The Balaban J connectivity index is 0.00000363. The Morgan fingerprint density at radius 2 is 1.88 bits per heavy atom. The minimum Gasteiger partial charge on any atom is -0.385 e. The number of hydrogen-bond acceptors (Lipinski definition) is 5. The zero-order valence-corrected chi connectivity index (χ0v) is 22.4. The molecule has 182 valence electrons. The predicted molar refractivity (Wildman–Crippen MR) is 142 cm³/mol. The summed E-state index contributed by atoms with van der Waals surface area (Å²) >= 11 is 0. The van der Waals surface area contributed by atoms with E-state index < -0.39 is 0 Å². The molecule has 0 saturated carbocycles. The number of guanidine groups is 1. The SMILES string of the molecule is CCNC(=NCc1ccc(N2CCC(C)CC2)nc1)N1CCC(OCCCOC)CC1.I. The number of rotatable bonds is 9. The molecular weight excluding hydrogens is 517 g/mol. The van der Waals surface area contributed by atoms with Crippen molar-refractivity contribution in [2.75, 3.05) is 57.9 Å². The summed E-state index contributed by atoms with van der Waals surface area (Å²) in [4.78, 5) is 14.4. The van der Waals surface area contributed by atoms with E-state index in [2.05, 4.69) is 41.1 Å².